The van der Waals surface area contributed by atoms with E-state index >= 15 is 0 Å². The van der Waals surface area contributed by atoms with Crippen LogP contribution in [0, 0.1) is 0 Å². The quantitative estimate of drug-likeness (QED) is 0.890. The Kier molecular flexibility index (Phi) is 5.11. The van der Waals surface area contributed by atoms with Crippen LogP contribution in [0.1, 0.15) is 43.4 Å². The first-order valence-electron chi connectivity index (χ1n) is 7.35. The van der Waals surface area contributed by atoms with Crippen molar-refractivity contribution in [3.63, 3.8) is 0 Å². The summed E-state index contributed by atoms with van der Waals surface area (Å²) in [6.45, 7) is 4.92. The summed E-state index contributed by atoms with van der Waals surface area (Å²) in [4.78, 5) is 1.81. The van der Waals surface area contributed by atoms with Gasteiger partial charge in [0, 0.05) is 12.1 Å². The molecule has 0 heterocycles. The van der Waals surface area contributed by atoms with Gasteiger partial charge in [0.05, 0.1) is 6.54 Å². The third-order valence-corrected chi connectivity index (χ3v) is 4.26. The van der Waals surface area contributed by atoms with Gasteiger partial charge in [0.15, 0.2) is 0 Å². The SMILES string of the molecule is CCNC1c2ccccc2C(C)CC1N(C)CC(F)F. The van der Waals surface area contributed by atoms with E-state index in [-0.39, 0.29) is 18.6 Å². The fourth-order valence-electron chi connectivity index (χ4n) is 3.33. The van der Waals surface area contributed by atoms with Gasteiger partial charge in [-0.1, -0.05) is 38.1 Å². The minimum Gasteiger partial charge on any atom is -0.309 e. The van der Waals surface area contributed by atoms with Crippen molar-refractivity contribution in [3.05, 3.63) is 35.4 Å². The molecule has 0 saturated heterocycles. The first-order valence-corrected chi connectivity index (χ1v) is 7.35. The lowest BCUT2D eigenvalue weighted by Gasteiger charge is -2.42. The van der Waals surface area contributed by atoms with Crippen LogP contribution < -0.4 is 5.32 Å². The summed E-state index contributed by atoms with van der Waals surface area (Å²) in [7, 11) is 1.81. The van der Waals surface area contributed by atoms with Crippen LogP contribution in [0.3, 0.4) is 0 Å². The van der Waals surface area contributed by atoms with Crippen LogP contribution in [0.4, 0.5) is 8.78 Å². The molecular weight excluding hydrogens is 258 g/mol. The summed E-state index contributed by atoms with van der Waals surface area (Å²) in [5, 5.41) is 3.48. The number of fused-ring (bicyclic) bond motifs is 1. The normalized spacial score (nSPS) is 26.1. The van der Waals surface area contributed by atoms with Crippen LogP contribution in [0.15, 0.2) is 24.3 Å². The van der Waals surface area contributed by atoms with Crippen molar-refractivity contribution < 1.29 is 8.78 Å². The average molecular weight is 282 g/mol. The van der Waals surface area contributed by atoms with Crippen molar-refractivity contribution in [2.75, 3.05) is 20.1 Å². The molecule has 0 radical (unpaired) electrons. The van der Waals surface area contributed by atoms with Gasteiger partial charge in [0.2, 0.25) is 0 Å². The molecule has 1 N–H and O–H groups in total. The predicted molar refractivity (Wildman–Crippen MR) is 78.3 cm³/mol. The van der Waals surface area contributed by atoms with Gasteiger partial charge in [0.1, 0.15) is 0 Å². The molecule has 0 amide bonds. The molecule has 3 unspecified atom stereocenters. The number of halogens is 2. The lowest BCUT2D eigenvalue weighted by atomic mass is 9.77. The molecule has 0 aliphatic heterocycles. The molecule has 0 fully saturated rings. The van der Waals surface area contributed by atoms with E-state index in [1.54, 1.807) is 0 Å². The van der Waals surface area contributed by atoms with Crippen LogP contribution in [0.5, 0.6) is 0 Å². The maximum atomic E-state index is 12.7. The van der Waals surface area contributed by atoms with Crippen LogP contribution >= 0.6 is 0 Å². The number of benzene rings is 1. The topological polar surface area (TPSA) is 15.3 Å². The molecule has 4 heteroatoms. The van der Waals surface area contributed by atoms with Gasteiger partial charge in [-0.15, -0.1) is 0 Å². The molecule has 3 atom stereocenters. The standard InChI is InChI=1S/C16H24F2N2/c1-4-19-16-13-8-6-5-7-12(13)11(2)9-14(16)20(3)10-15(17)18/h5-8,11,14-16,19H,4,9-10H2,1-3H3. The summed E-state index contributed by atoms with van der Waals surface area (Å²) >= 11 is 0. The lowest BCUT2D eigenvalue weighted by molar-refractivity contribution is 0.0627. The van der Waals surface area contributed by atoms with Crippen molar-refractivity contribution in [2.24, 2.45) is 0 Å². The molecular formula is C16H24F2N2. The largest absolute Gasteiger partial charge is 0.309 e. The van der Waals surface area contributed by atoms with Crippen LogP contribution in [0.2, 0.25) is 0 Å². The van der Waals surface area contributed by atoms with Crippen LogP contribution in [-0.2, 0) is 0 Å². The molecule has 1 aromatic rings. The Morgan fingerprint density at radius 1 is 1.30 bits per heavy atom. The fraction of sp³-hybridized carbons (Fsp3) is 0.625. The zero-order valence-electron chi connectivity index (χ0n) is 12.4. The number of likely N-dealkylation sites (N-methyl/N-ethyl adjacent to an activating group) is 2. The molecule has 1 aliphatic carbocycles. The third kappa shape index (κ3) is 3.18. The smallest absolute Gasteiger partial charge is 0.251 e. The van der Waals surface area contributed by atoms with Crippen molar-refractivity contribution in [3.8, 4) is 0 Å². The Morgan fingerprint density at radius 2 is 1.95 bits per heavy atom. The summed E-state index contributed by atoms with van der Waals surface area (Å²) in [6.07, 6.45) is -1.37. The highest BCUT2D eigenvalue weighted by atomic mass is 19.3. The van der Waals surface area contributed by atoms with Gasteiger partial charge in [-0.05, 0) is 37.1 Å². The molecule has 0 spiro atoms. The number of nitrogens with zero attached hydrogens (tertiary/aromatic N) is 1. The minimum atomic E-state index is -2.28. The molecule has 2 rings (SSSR count). The van der Waals surface area contributed by atoms with E-state index in [1.807, 2.05) is 18.0 Å². The van der Waals surface area contributed by atoms with Crippen LogP contribution in [0.25, 0.3) is 0 Å². The monoisotopic (exact) mass is 282 g/mol. The molecule has 20 heavy (non-hydrogen) atoms. The molecule has 0 aromatic heterocycles. The lowest BCUT2D eigenvalue weighted by Crippen LogP contribution is -2.47. The highest BCUT2D eigenvalue weighted by Gasteiger charge is 2.35. The zero-order chi connectivity index (χ0) is 14.7. The van der Waals surface area contributed by atoms with Gasteiger partial charge in [-0.2, -0.15) is 0 Å². The van der Waals surface area contributed by atoms with E-state index in [0.29, 0.717) is 5.92 Å². The second-order valence-electron chi connectivity index (χ2n) is 5.70. The van der Waals surface area contributed by atoms with Crippen molar-refractivity contribution in [1.82, 2.24) is 10.2 Å². The Bertz CT molecular complexity index is 436. The average Bonchev–Trinajstić information content (AvgIpc) is 2.41. The van der Waals surface area contributed by atoms with Gasteiger partial charge in [-0.3, -0.25) is 4.90 Å². The minimum absolute atomic E-state index is 0.119. The second-order valence-corrected chi connectivity index (χ2v) is 5.70. The number of hydrogen-bond acceptors (Lipinski definition) is 2. The van der Waals surface area contributed by atoms with Gasteiger partial charge in [0.25, 0.3) is 6.43 Å². The maximum Gasteiger partial charge on any atom is 0.251 e. The van der Waals surface area contributed by atoms with Gasteiger partial charge in [-0.25, -0.2) is 8.78 Å². The van der Waals surface area contributed by atoms with Crippen molar-refractivity contribution in [2.45, 2.75) is 44.7 Å². The number of hydrogen-bond donors (Lipinski definition) is 1. The Morgan fingerprint density at radius 3 is 2.55 bits per heavy atom. The highest BCUT2D eigenvalue weighted by Crippen LogP contribution is 2.39. The molecule has 0 saturated carbocycles. The Balaban J connectivity index is 2.29. The van der Waals surface area contributed by atoms with Gasteiger partial charge >= 0.3 is 0 Å². The second kappa shape index (κ2) is 6.64. The van der Waals surface area contributed by atoms with E-state index in [4.69, 9.17) is 0 Å². The third-order valence-electron chi connectivity index (χ3n) is 4.26. The van der Waals surface area contributed by atoms with Crippen LogP contribution in [-0.4, -0.2) is 37.5 Å². The fourth-order valence-corrected chi connectivity index (χ4v) is 3.33. The Labute approximate surface area is 120 Å². The molecule has 0 bridgehead atoms. The first-order chi connectivity index (χ1) is 9.54. The van der Waals surface area contributed by atoms with E-state index in [2.05, 4.69) is 37.4 Å². The number of nitrogens with one attached hydrogen (secondary N) is 1. The molecule has 1 aromatic carbocycles. The van der Waals surface area contributed by atoms with Crippen molar-refractivity contribution in [1.29, 1.82) is 0 Å². The molecule has 2 nitrogen and oxygen atoms in total. The summed E-state index contributed by atoms with van der Waals surface area (Å²) < 4.78 is 25.4. The van der Waals surface area contributed by atoms with E-state index < -0.39 is 6.43 Å². The van der Waals surface area contributed by atoms with E-state index in [9.17, 15) is 8.78 Å². The van der Waals surface area contributed by atoms with Gasteiger partial charge < -0.3 is 5.32 Å². The Hall–Kier alpha value is -1.00. The summed E-state index contributed by atoms with van der Waals surface area (Å²) in [5.74, 6) is 0.409. The summed E-state index contributed by atoms with van der Waals surface area (Å²) in [6, 6.07) is 8.63. The highest BCUT2D eigenvalue weighted by molar-refractivity contribution is 5.36. The number of rotatable bonds is 5. The summed E-state index contributed by atoms with van der Waals surface area (Å²) in [5.41, 5.74) is 2.61. The molecule has 112 valence electrons. The van der Waals surface area contributed by atoms with E-state index in [1.165, 1.54) is 11.1 Å². The van der Waals surface area contributed by atoms with E-state index in [0.717, 1.165) is 13.0 Å². The number of alkyl halides is 2. The van der Waals surface area contributed by atoms with Crippen molar-refractivity contribution >= 4 is 0 Å². The predicted octanol–water partition coefficient (Wildman–Crippen LogP) is 3.41. The zero-order valence-corrected chi connectivity index (χ0v) is 12.4. The molecule has 1 aliphatic rings. The maximum absolute atomic E-state index is 12.7. The first kappa shape index (κ1) is 15.4.